The van der Waals surface area contributed by atoms with Crippen molar-refractivity contribution in [3.63, 3.8) is 0 Å². The summed E-state index contributed by atoms with van der Waals surface area (Å²) in [5.41, 5.74) is 2.75. The van der Waals surface area contributed by atoms with Gasteiger partial charge >= 0.3 is 5.97 Å². The largest absolute Gasteiger partial charge is 0.461 e. The molecule has 1 aliphatic carbocycles. The van der Waals surface area contributed by atoms with Gasteiger partial charge in [-0.3, -0.25) is 0 Å². The van der Waals surface area contributed by atoms with Crippen LogP contribution in [0.3, 0.4) is 0 Å². The predicted molar refractivity (Wildman–Crippen MR) is 69.0 cm³/mol. The molecule has 5 heteroatoms. The van der Waals surface area contributed by atoms with Crippen LogP contribution in [0.1, 0.15) is 54.7 Å². The van der Waals surface area contributed by atoms with Crippen molar-refractivity contribution < 1.29 is 14.3 Å². The molecule has 2 atom stereocenters. The minimum atomic E-state index is -0.300. The first-order valence-electron chi connectivity index (χ1n) is 7.09. The fraction of sp³-hybridized carbons (Fsp3) is 0.714. The Kier molecular flexibility index (Phi) is 3.31. The molecule has 0 amide bonds. The van der Waals surface area contributed by atoms with Gasteiger partial charge in [-0.05, 0) is 32.1 Å². The molecular formula is C14H20N2O3. The van der Waals surface area contributed by atoms with Gasteiger partial charge in [0.15, 0.2) is 11.9 Å². The van der Waals surface area contributed by atoms with Gasteiger partial charge in [-0.1, -0.05) is 6.92 Å². The molecule has 1 aliphatic heterocycles. The zero-order chi connectivity index (χ0) is 13.4. The Balaban J connectivity index is 1.98. The number of fused-ring (bicyclic) bond motifs is 1. The summed E-state index contributed by atoms with van der Waals surface area (Å²) in [6.45, 7) is 5.23. The van der Waals surface area contributed by atoms with E-state index in [1.807, 2.05) is 11.6 Å². The monoisotopic (exact) mass is 264 g/mol. The van der Waals surface area contributed by atoms with E-state index >= 15 is 0 Å². The van der Waals surface area contributed by atoms with Crippen LogP contribution in [-0.4, -0.2) is 29.0 Å². The summed E-state index contributed by atoms with van der Waals surface area (Å²) in [5.74, 6) is 0.337. The maximum absolute atomic E-state index is 12.0. The van der Waals surface area contributed by atoms with Crippen LogP contribution in [0.15, 0.2) is 0 Å². The summed E-state index contributed by atoms with van der Waals surface area (Å²) in [5, 5.41) is 4.48. The molecule has 0 bridgehead atoms. The molecule has 104 valence electrons. The Morgan fingerprint density at radius 2 is 2.32 bits per heavy atom. The molecular weight excluding hydrogens is 244 g/mol. The molecule has 2 aliphatic rings. The van der Waals surface area contributed by atoms with Crippen molar-refractivity contribution in [3.05, 3.63) is 17.0 Å². The van der Waals surface area contributed by atoms with Crippen molar-refractivity contribution in [3.8, 4) is 0 Å². The van der Waals surface area contributed by atoms with Gasteiger partial charge in [-0.15, -0.1) is 0 Å². The average Bonchev–Trinajstić information content (AvgIpc) is 2.66. The van der Waals surface area contributed by atoms with Crippen molar-refractivity contribution in [2.24, 2.45) is 5.92 Å². The Morgan fingerprint density at radius 3 is 2.95 bits per heavy atom. The van der Waals surface area contributed by atoms with E-state index in [-0.39, 0.29) is 12.2 Å². The van der Waals surface area contributed by atoms with Crippen molar-refractivity contribution in [2.75, 3.05) is 13.2 Å². The average molecular weight is 264 g/mol. The van der Waals surface area contributed by atoms with Crippen LogP contribution in [0, 0.1) is 5.92 Å². The zero-order valence-corrected chi connectivity index (χ0v) is 11.5. The number of carbonyl (C=O) groups is 1. The first-order chi connectivity index (χ1) is 9.20. The highest BCUT2D eigenvalue weighted by Gasteiger charge is 2.32. The lowest BCUT2D eigenvalue weighted by molar-refractivity contribution is -0.108. The SMILES string of the molecule is CCOC(=O)c1nn(C2CCO2)c2c1CCC(C)C2. The molecule has 1 aromatic rings. The normalized spacial score (nSPS) is 25.6. The summed E-state index contributed by atoms with van der Waals surface area (Å²) in [4.78, 5) is 12.0. The number of hydrogen-bond donors (Lipinski definition) is 0. The number of hydrogen-bond acceptors (Lipinski definition) is 4. The van der Waals surface area contributed by atoms with Crippen molar-refractivity contribution in [1.29, 1.82) is 0 Å². The molecule has 0 spiro atoms. The van der Waals surface area contributed by atoms with Gasteiger partial charge in [-0.2, -0.15) is 5.10 Å². The predicted octanol–water partition coefficient (Wildman–Crippen LogP) is 2.10. The van der Waals surface area contributed by atoms with E-state index in [0.29, 0.717) is 18.2 Å². The fourth-order valence-electron chi connectivity index (χ4n) is 2.82. The standard InChI is InChI=1S/C14H20N2O3/c1-3-18-14(17)13-10-5-4-9(2)8-11(10)16(15-13)12-6-7-19-12/h9,12H,3-8H2,1-2H3. The number of carbonyl (C=O) groups excluding carboxylic acids is 1. The van der Waals surface area contributed by atoms with Crippen LogP contribution in [-0.2, 0) is 22.3 Å². The summed E-state index contributed by atoms with van der Waals surface area (Å²) < 4.78 is 12.5. The highest BCUT2D eigenvalue weighted by atomic mass is 16.5. The van der Waals surface area contributed by atoms with E-state index in [9.17, 15) is 4.79 Å². The highest BCUT2D eigenvalue weighted by Crippen LogP contribution is 2.33. The molecule has 0 aromatic carbocycles. The second-order valence-electron chi connectivity index (χ2n) is 5.40. The minimum absolute atomic E-state index is 0.0160. The lowest BCUT2D eigenvalue weighted by atomic mass is 9.88. The fourth-order valence-corrected chi connectivity index (χ4v) is 2.82. The molecule has 5 nitrogen and oxygen atoms in total. The van der Waals surface area contributed by atoms with Crippen LogP contribution in [0.25, 0.3) is 0 Å². The molecule has 2 unspecified atom stereocenters. The van der Waals surface area contributed by atoms with Gasteiger partial charge in [-0.25, -0.2) is 9.48 Å². The second-order valence-corrected chi connectivity index (χ2v) is 5.40. The van der Waals surface area contributed by atoms with E-state index in [0.717, 1.165) is 37.9 Å². The number of nitrogens with zero attached hydrogens (tertiary/aromatic N) is 2. The third-order valence-corrected chi connectivity index (χ3v) is 3.96. The van der Waals surface area contributed by atoms with Gasteiger partial charge < -0.3 is 9.47 Å². The van der Waals surface area contributed by atoms with Gasteiger partial charge in [0.2, 0.25) is 0 Å². The first kappa shape index (κ1) is 12.7. The molecule has 3 rings (SSSR count). The third kappa shape index (κ3) is 2.16. The minimum Gasteiger partial charge on any atom is -0.461 e. The third-order valence-electron chi connectivity index (χ3n) is 3.96. The lowest BCUT2D eigenvalue weighted by Crippen LogP contribution is -2.28. The first-order valence-corrected chi connectivity index (χ1v) is 7.09. The van der Waals surface area contributed by atoms with Gasteiger partial charge in [0.1, 0.15) is 0 Å². The quantitative estimate of drug-likeness (QED) is 0.785. The number of rotatable bonds is 3. The Morgan fingerprint density at radius 1 is 1.53 bits per heavy atom. The highest BCUT2D eigenvalue weighted by molar-refractivity contribution is 5.89. The van der Waals surface area contributed by atoms with Crippen molar-refractivity contribution in [2.45, 2.75) is 45.8 Å². The summed E-state index contributed by atoms with van der Waals surface area (Å²) in [6, 6.07) is 0. The Bertz CT molecular complexity index is 491. The lowest BCUT2D eigenvalue weighted by Gasteiger charge is -2.30. The van der Waals surface area contributed by atoms with Crippen molar-refractivity contribution in [1.82, 2.24) is 9.78 Å². The Hall–Kier alpha value is -1.36. The second kappa shape index (κ2) is 4.96. The maximum Gasteiger partial charge on any atom is 0.359 e. The van der Waals surface area contributed by atoms with E-state index in [1.165, 1.54) is 5.69 Å². The maximum atomic E-state index is 12.0. The van der Waals surface area contributed by atoms with Crippen LogP contribution < -0.4 is 0 Å². The van der Waals surface area contributed by atoms with Gasteiger partial charge in [0.25, 0.3) is 0 Å². The molecule has 1 saturated heterocycles. The molecule has 1 fully saturated rings. The molecule has 2 heterocycles. The van der Waals surface area contributed by atoms with Crippen molar-refractivity contribution >= 4 is 5.97 Å². The number of esters is 1. The van der Waals surface area contributed by atoms with Crippen LogP contribution in [0.2, 0.25) is 0 Å². The van der Waals surface area contributed by atoms with Crippen LogP contribution in [0.5, 0.6) is 0 Å². The van der Waals surface area contributed by atoms with E-state index in [4.69, 9.17) is 9.47 Å². The topological polar surface area (TPSA) is 53.3 Å². The molecule has 19 heavy (non-hydrogen) atoms. The number of ether oxygens (including phenoxy) is 2. The molecule has 0 saturated carbocycles. The molecule has 1 aromatic heterocycles. The van der Waals surface area contributed by atoms with E-state index < -0.39 is 0 Å². The zero-order valence-electron chi connectivity index (χ0n) is 11.5. The van der Waals surface area contributed by atoms with E-state index in [1.54, 1.807) is 0 Å². The number of aromatic nitrogens is 2. The van der Waals surface area contributed by atoms with E-state index in [2.05, 4.69) is 12.0 Å². The van der Waals surface area contributed by atoms with Crippen LogP contribution in [0.4, 0.5) is 0 Å². The molecule has 0 radical (unpaired) electrons. The summed E-state index contributed by atoms with van der Waals surface area (Å²) in [7, 11) is 0. The molecule has 0 N–H and O–H groups in total. The summed E-state index contributed by atoms with van der Waals surface area (Å²) >= 11 is 0. The summed E-state index contributed by atoms with van der Waals surface area (Å²) in [6.07, 6.45) is 3.99. The smallest absolute Gasteiger partial charge is 0.359 e. The van der Waals surface area contributed by atoms with Gasteiger partial charge in [0.05, 0.1) is 13.2 Å². The van der Waals surface area contributed by atoms with Crippen LogP contribution >= 0.6 is 0 Å². The Labute approximate surface area is 112 Å². The van der Waals surface area contributed by atoms with Gasteiger partial charge in [0, 0.05) is 17.7 Å².